The van der Waals surface area contributed by atoms with Crippen LogP contribution in [0.25, 0.3) is 0 Å². The Hall–Kier alpha value is -2.68. The number of phenolic OH excluding ortho intramolecular Hbond substituents is 1. The number of urea groups is 1. The first kappa shape index (κ1) is 13.7. The number of aromatic hydroxyl groups is 1. The molecule has 1 heterocycles. The zero-order chi connectivity index (χ0) is 14.7. The Balaban J connectivity index is 2.06. The van der Waals surface area contributed by atoms with Crippen molar-refractivity contribution in [1.29, 1.82) is 0 Å². The number of carbonyl (C=O) groups is 2. The second-order valence-electron chi connectivity index (χ2n) is 3.74. The van der Waals surface area contributed by atoms with Gasteiger partial charge >= 0.3 is 12.0 Å². The third-order valence-corrected chi connectivity index (χ3v) is 2.99. The first-order valence-corrected chi connectivity index (χ1v) is 6.22. The SMILES string of the molecule is Cc1nnc(NC(=O)Nc2ccc(C(=O)O)cc2O)s1. The third kappa shape index (κ3) is 3.20. The minimum absolute atomic E-state index is 0.0757. The van der Waals surface area contributed by atoms with E-state index in [4.69, 9.17) is 5.11 Å². The molecule has 0 radical (unpaired) electrons. The van der Waals surface area contributed by atoms with Crippen LogP contribution in [0.15, 0.2) is 18.2 Å². The van der Waals surface area contributed by atoms with Gasteiger partial charge in [0, 0.05) is 0 Å². The Labute approximate surface area is 117 Å². The van der Waals surface area contributed by atoms with Crippen LogP contribution in [0.5, 0.6) is 5.75 Å². The van der Waals surface area contributed by atoms with Gasteiger partial charge in [-0.3, -0.25) is 5.32 Å². The summed E-state index contributed by atoms with van der Waals surface area (Å²) in [5.74, 6) is -1.51. The molecule has 0 spiro atoms. The second kappa shape index (κ2) is 5.53. The Bertz CT molecular complexity index is 670. The van der Waals surface area contributed by atoms with E-state index in [-0.39, 0.29) is 17.0 Å². The highest BCUT2D eigenvalue weighted by molar-refractivity contribution is 7.15. The van der Waals surface area contributed by atoms with Gasteiger partial charge in [0.15, 0.2) is 0 Å². The molecule has 9 heteroatoms. The molecule has 1 aromatic heterocycles. The Kier molecular flexibility index (Phi) is 3.80. The van der Waals surface area contributed by atoms with Crippen LogP contribution in [0.4, 0.5) is 15.6 Å². The Morgan fingerprint density at radius 3 is 2.55 bits per heavy atom. The normalized spacial score (nSPS) is 10.1. The van der Waals surface area contributed by atoms with Gasteiger partial charge in [-0.15, -0.1) is 10.2 Å². The summed E-state index contributed by atoms with van der Waals surface area (Å²) in [5.41, 5.74) is 0.0157. The fourth-order valence-electron chi connectivity index (χ4n) is 1.37. The molecule has 0 unspecified atom stereocenters. The van der Waals surface area contributed by atoms with Crippen LogP contribution in [-0.4, -0.2) is 32.4 Å². The topological polar surface area (TPSA) is 124 Å². The van der Waals surface area contributed by atoms with Gasteiger partial charge in [-0.1, -0.05) is 11.3 Å². The molecule has 0 fully saturated rings. The van der Waals surface area contributed by atoms with Crippen LogP contribution in [0.1, 0.15) is 15.4 Å². The molecule has 0 bridgehead atoms. The summed E-state index contributed by atoms with van der Waals surface area (Å²) >= 11 is 1.20. The molecule has 2 amide bonds. The van der Waals surface area contributed by atoms with Crippen molar-refractivity contribution >= 4 is 34.2 Å². The van der Waals surface area contributed by atoms with Crippen LogP contribution in [-0.2, 0) is 0 Å². The fourth-order valence-corrected chi connectivity index (χ4v) is 1.95. The van der Waals surface area contributed by atoms with Crippen molar-refractivity contribution in [1.82, 2.24) is 10.2 Å². The van der Waals surface area contributed by atoms with Gasteiger partial charge in [0.2, 0.25) is 5.13 Å². The number of aromatic carboxylic acids is 1. The number of anilines is 2. The highest BCUT2D eigenvalue weighted by Crippen LogP contribution is 2.24. The fraction of sp³-hybridized carbons (Fsp3) is 0.0909. The van der Waals surface area contributed by atoms with Crippen molar-refractivity contribution in [2.24, 2.45) is 0 Å². The Morgan fingerprint density at radius 1 is 1.25 bits per heavy atom. The van der Waals surface area contributed by atoms with Gasteiger partial charge < -0.3 is 15.5 Å². The van der Waals surface area contributed by atoms with Crippen molar-refractivity contribution < 1.29 is 19.8 Å². The van der Waals surface area contributed by atoms with E-state index in [2.05, 4.69) is 20.8 Å². The lowest BCUT2D eigenvalue weighted by atomic mass is 10.2. The molecular formula is C11H10N4O4S. The first-order chi connectivity index (χ1) is 9.45. The zero-order valence-corrected chi connectivity index (χ0v) is 11.1. The zero-order valence-electron chi connectivity index (χ0n) is 10.2. The molecule has 0 saturated carbocycles. The number of phenols is 1. The molecule has 4 N–H and O–H groups in total. The van der Waals surface area contributed by atoms with E-state index in [1.165, 1.54) is 23.5 Å². The van der Waals surface area contributed by atoms with Crippen molar-refractivity contribution in [3.8, 4) is 5.75 Å². The highest BCUT2D eigenvalue weighted by Gasteiger charge is 2.11. The Morgan fingerprint density at radius 2 is 2.00 bits per heavy atom. The number of carboxylic acid groups (broad SMARTS) is 1. The number of nitrogens with zero attached hydrogens (tertiary/aromatic N) is 2. The summed E-state index contributed by atoms with van der Waals surface area (Å²) in [6.45, 7) is 1.75. The highest BCUT2D eigenvalue weighted by atomic mass is 32.1. The number of aryl methyl sites for hydroxylation is 1. The van der Waals surface area contributed by atoms with Gasteiger partial charge in [0.25, 0.3) is 0 Å². The molecule has 2 rings (SSSR count). The molecule has 0 aliphatic rings. The van der Waals surface area contributed by atoms with E-state index in [0.29, 0.717) is 10.1 Å². The van der Waals surface area contributed by atoms with Crippen molar-refractivity contribution in [2.45, 2.75) is 6.92 Å². The smallest absolute Gasteiger partial charge is 0.335 e. The molecule has 8 nitrogen and oxygen atoms in total. The van der Waals surface area contributed by atoms with Crippen LogP contribution >= 0.6 is 11.3 Å². The summed E-state index contributed by atoms with van der Waals surface area (Å²) in [5, 5.41) is 31.7. The number of rotatable bonds is 3. The van der Waals surface area contributed by atoms with Crippen molar-refractivity contribution in [3.05, 3.63) is 28.8 Å². The number of hydrogen-bond acceptors (Lipinski definition) is 6. The van der Waals surface area contributed by atoms with E-state index in [9.17, 15) is 14.7 Å². The second-order valence-corrected chi connectivity index (χ2v) is 4.92. The molecule has 104 valence electrons. The number of benzene rings is 1. The van der Waals surface area contributed by atoms with Crippen LogP contribution in [0.3, 0.4) is 0 Å². The predicted molar refractivity (Wildman–Crippen MR) is 72.4 cm³/mol. The van der Waals surface area contributed by atoms with E-state index in [1.54, 1.807) is 6.92 Å². The molecule has 0 saturated heterocycles. The van der Waals surface area contributed by atoms with Gasteiger partial charge in [0.1, 0.15) is 10.8 Å². The number of nitrogens with one attached hydrogen (secondary N) is 2. The average molecular weight is 294 g/mol. The lowest BCUT2D eigenvalue weighted by Crippen LogP contribution is -2.19. The van der Waals surface area contributed by atoms with Gasteiger partial charge in [-0.25, -0.2) is 9.59 Å². The third-order valence-electron chi connectivity index (χ3n) is 2.24. The summed E-state index contributed by atoms with van der Waals surface area (Å²) < 4.78 is 0. The maximum atomic E-state index is 11.7. The van der Waals surface area contributed by atoms with Gasteiger partial charge in [0.05, 0.1) is 11.3 Å². The minimum Gasteiger partial charge on any atom is -0.506 e. The summed E-state index contributed by atoms with van der Waals surface area (Å²) in [6, 6.07) is 3.00. The standard InChI is InChI=1S/C11H10N4O4S/c1-5-14-15-11(20-5)13-10(19)12-7-3-2-6(9(17)18)4-8(7)16/h2-4,16H,1H3,(H,17,18)(H2,12,13,15,19). The maximum absolute atomic E-state index is 11.7. The predicted octanol–water partition coefficient (Wildman–Crippen LogP) is 1.89. The van der Waals surface area contributed by atoms with Crippen LogP contribution in [0, 0.1) is 6.92 Å². The van der Waals surface area contributed by atoms with E-state index < -0.39 is 12.0 Å². The number of amides is 2. The molecule has 20 heavy (non-hydrogen) atoms. The maximum Gasteiger partial charge on any atom is 0.335 e. The number of carbonyl (C=O) groups excluding carboxylic acids is 1. The molecular weight excluding hydrogens is 284 g/mol. The monoisotopic (exact) mass is 294 g/mol. The molecule has 2 aromatic rings. The first-order valence-electron chi connectivity index (χ1n) is 5.40. The minimum atomic E-state index is -1.17. The van der Waals surface area contributed by atoms with E-state index >= 15 is 0 Å². The van der Waals surface area contributed by atoms with Crippen molar-refractivity contribution in [3.63, 3.8) is 0 Å². The van der Waals surface area contributed by atoms with E-state index in [1.807, 2.05) is 0 Å². The average Bonchev–Trinajstić information content (AvgIpc) is 2.77. The molecule has 0 aliphatic carbocycles. The molecule has 0 atom stereocenters. The molecule has 1 aromatic carbocycles. The van der Waals surface area contributed by atoms with Crippen LogP contribution < -0.4 is 10.6 Å². The van der Waals surface area contributed by atoms with E-state index in [0.717, 1.165) is 6.07 Å². The molecule has 0 aliphatic heterocycles. The lowest BCUT2D eigenvalue weighted by Gasteiger charge is -2.07. The summed E-state index contributed by atoms with van der Waals surface area (Å²) in [7, 11) is 0. The number of aromatic nitrogens is 2. The quantitative estimate of drug-likeness (QED) is 0.641. The largest absolute Gasteiger partial charge is 0.506 e. The van der Waals surface area contributed by atoms with Crippen LogP contribution in [0.2, 0.25) is 0 Å². The number of hydrogen-bond donors (Lipinski definition) is 4. The summed E-state index contributed by atoms with van der Waals surface area (Å²) in [4.78, 5) is 22.4. The van der Waals surface area contributed by atoms with Crippen molar-refractivity contribution in [2.75, 3.05) is 10.6 Å². The summed E-state index contributed by atoms with van der Waals surface area (Å²) in [6.07, 6.45) is 0. The number of carboxylic acids is 1. The van der Waals surface area contributed by atoms with Gasteiger partial charge in [-0.05, 0) is 25.1 Å². The lowest BCUT2D eigenvalue weighted by molar-refractivity contribution is 0.0696. The van der Waals surface area contributed by atoms with Gasteiger partial charge in [-0.2, -0.15) is 0 Å².